The first kappa shape index (κ1) is 17.2. The highest BCUT2D eigenvalue weighted by Gasteiger charge is 2.31. The second-order valence-corrected chi connectivity index (χ2v) is 6.73. The van der Waals surface area contributed by atoms with Crippen LogP contribution < -0.4 is 10.1 Å². The van der Waals surface area contributed by atoms with Crippen LogP contribution in [0.3, 0.4) is 0 Å². The van der Waals surface area contributed by atoms with Crippen molar-refractivity contribution in [2.75, 3.05) is 19.8 Å². The van der Waals surface area contributed by atoms with Crippen LogP contribution >= 0.6 is 0 Å². The van der Waals surface area contributed by atoms with E-state index < -0.39 is 12.2 Å². The van der Waals surface area contributed by atoms with Gasteiger partial charge in [0.25, 0.3) is 0 Å². The van der Waals surface area contributed by atoms with E-state index in [2.05, 4.69) is 11.4 Å². The molecule has 0 saturated carbocycles. The molecule has 2 aliphatic heterocycles. The Morgan fingerprint density at radius 1 is 1.33 bits per heavy atom. The van der Waals surface area contributed by atoms with E-state index in [1.54, 1.807) is 0 Å². The highest BCUT2D eigenvalue weighted by Crippen LogP contribution is 2.29. The van der Waals surface area contributed by atoms with Crippen molar-refractivity contribution in [1.29, 1.82) is 0 Å². The zero-order valence-corrected chi connectivity index (χ0v) is 13.9. The first-order chi connectivity index (χ1) is 11.5. The number of fused-ring (bicyclic) bond motifs is 1. The molecule has 3 rings (SSSR count). The minimum absolute atomic E-state index is 0.0626. The van der Waals surface area contributed by atoms with E-state index in [1.165, 1.54) is 5.56 Å². The molecule has 0 radical (unpaired) electrons. The van der Waals surface area contributed by atoms with Gasteiger partial charge in [-0.15, -0.1) is 0 Å². The van der Waals surface area contributed by atoms with Gasteiger partial charge in [-0.25, -0.2) is 0 Å². The molecule has 4 atom stereocenters. The third-order valence-electron chi connectivity index (χ3n) is 4.66. The van der Waals surface area contributed by atoms with Gasteiger partial charge in [-0.2, -0.15) is 0 Å². The molecule has 1 fully saturated rings. The monoisotopic (exact) mass is 335 g/mol. The third-order valence-corrected chi connectivity index (χ3v) is 4.66. The third kappa shape index (κ3) is 4.06. The summed E-state index contributed by atoms with van der Waals surface area (Å²) in [5.41, 5.74) is 2.33. The van der Waals surface area contributed by atoms with Gasteiger partial charge in [0, 0.05) is 25.3 Å². The molecule has 1 unspecified atom stereocenters. The number of amides is 1. The number of hydrogen-bond acceptors (Lipinski definition) is 5. The highest BCUT2D eigenvalue weighted by molar-refractivity contribution is 5.76. The average molecular weight is 335 g/mol. The fourth-order valence-corrected chi connectivity index (χ4v) is 3.25. The molecule has 0 spiro atoms. The normalized spacial score (nSPS) is 29.0. The molecule has 3 N–H and O–H groups in total. The van der Waals surface area contributed by atoms with E-state index in [0.29, 0.717) is 26.0 Å². The molecule has 2 aliphatic rings. The molecule has 0 aromatic heterocycles. The number of carbonyl (C=O) groups excluding carboxylic acids is 1. The van der Waals surface area contributed by atoms with Gasteiger partial charge in [0.05, 0.1) is 19.3 Å². The molecule has 1 saturated heterocycles. The zero-order chi connectivity index (χ0) is 17.1. The predicted molar refractivity (Wildman–Crippen MR) is 87.9 cm³/mol. The topological polar surface area (TPSA) is 88.0 Å². The smallest absolute Gasteiger partial charge is 0.220 e. The van der Waals surface area contributed by atoms with Crippen molar-refractivity contribution in [1.82, 2.24) is 5.32 Å². The van der Waals surface area contributed by atoms with Crippen LogP contribution in [0.5, 0.6) is 5.75 Å². The molecule has 1 amide bonds. The maximum Gasteiger partial charge on any atom is 0.220 e. The SMILES string of the molecule is CC1Cc2cc(CCC(=O)NC[C@@H]3COC[C@@H](O)[C@H]3O)ccc2O1. The summed E-state index contributed by atoms with van der Waals surface area (Å²) in [4.78, 5) is 12.0. The van der Waals surface area contributed by atoms with Crippen molar-refractivity contribution in [2.24, 2.45) is 5.92 Å². The molecule has 24 heavy (non-hydrogen) atoms. The molecule has 6 heteroatoms. The van der Waals surface area contributed by atoms with Crippen LogP contribution in [0.1, 0.15) is 24.5 Å². The Labute approximate surface area is 141 Å². The van der Waals surface area contributed by atoms with Crippen molar-refractivity contribution in [3.63, 3.8) is 0 Å². The number of rotatable bonds is 5. The standard InChI is InChI=1S/C18H25NO5/c1-11-6-13-7-12(2-4-16(13)24-11)3-5-17(21)19-8-14-9-23-10-15(20)18(14)22/h2,4,7,11,14-15,18,20,22H,3,5-6,8-10H2,1H3,(H,19,21)/t11?,14-,15-,18+/m1/s1. The fraction of sp³-hybridized carbons (Fsp3) is 0.611. The average Bonchev–Trinajstić information content (AvgIpc) is 2.93. The summed E-state index contributed by atoms with van der Waals surface area (Å²) in [6.45, 7) is 2.86. The van der Waals surface area contributed by atoms with Crippen LogP contribution in [0.2, 0.25) is 0 Å². The van der Waals surface area contributed by atoms with Crippen LogP contribution in [0.4, 0.5) is 0 Å². The maximum absolute atomic E-state index is 12.0. The van der Waals surface area contributed by atoms with Gasteiger partial charge in [-0.1, -0.05) is 12.1 Å². The Bertz CT molecular complexity index is 591. The molecule has 2 heterocycles. The fourth-order valence-electron chi connectivity index (χ4n) is 3.25. The van der Waals surface area contributed by atoms with Crippen LogP contribution in [-0.4, -0.2) is 54.2 Å². The van der Waals surface area contributed by atoms with Crippen molar-refractivity contribution >= 4 is 5.91 Å². The number of aliphatic hydroxyl groups excluding tert-OH is 2. The van der Waals surface area contributed by atoms with Gasteiger partial charge in [-0.05, 0) is 30.5 Å². The maximum atomic E-state index is 12.0. The number of nitrogens with one attached hydrogen (secondary N) is 1. The minimum atomic E-state index is -0.878. The lowest BCUT2D eigenvalue weighted by Gasteiger charge is -2.31. The van der Waals surface area contributed by atoms with E-state index in [0.717, 1.165) is 17.7 Å². The number of ether oxygens (including phenoxy) is 2. The van der Waals surface area contributed by atoms with E-state index >= 15 is 0 Å². The number of benzene rings is 1. The second-order valence-electron chi connectivity index (χ2n) is 6.73. The molecular formula is C18H25NO5. The first-order valence-electron chi connectivity index (χ1n) is 8.52. The molecule has 0 bridgehead atoms. The Balaban J connectivity index is 1.44. The van der Waals surface area contributed by atoms with Gasteiger partial charge < -0.3 is 25.0 Å². The molecule has 6 nitrogen and oxygen atoms in total. The largest absolute Gasteiger partial charge is 0.490 e. The molecule has 0 aliphatic carbocycles. The molecule has 132 valence electrons. The number of aryl methyl sites for hydroxylation is 1. The summed E-state index contributed by atoms with van der Waals surface area (Å²) in [6.07, 6.45) is 0.464. The quantitative estimate of drug-likeness (QED) is 0.726. The lowest BCUT2D eigenvalue weighted by atomic mass is 9.96. The summed E-state index contributed by atoms with van der Waals surface area (Å²) in [5.74, 6) is 0.615. The Morgan fingerprint density at radius 3 is 3.00 bits per heavy atom. The van der Waals surface area contributed by atoms with E-state index in [1.807, 2.05) is 19.1 Å². The predicted octanol–water partition coefficient (Wildman–Crippen LogP) is 0.427. The van der Waals surface area contributed by atoms with Crippen molar-refractivity contribution in [2.45, 2.75) is 44.5 Å². The summed E-state index contributed by atoms with van der Waals surface area (Å²) < 4.78 is 10.9. The summed E-state index contributed by atoms with van der Waals surface area (Å²) in [7, 11) is 0. The first-order valence-corrected chi connectivity index (χ1v) is 8.52. The van der Waals surface area contributed by atoms with Gasteiger partial charge in [-0.3, -0.25) is 4.79 Å². The zero-order valence-electron chi connectivity index (χ0n) is 13.9. The van der Waals surface area contributed by atoms with E-state index in [4.69, 9.17) is 9.47 Å². The lowest BCUT2D eigenvalue weighted by molar-refractivity contribution is -0.128. The van der Waals surface area contributed by atoms with Gasteiger partial charge in [0.2, 0.25) is 5.91 Å². The van der Waals surface area contributed by atoms with Crippen LogP contribution in [0.25, 0.3) is 0 Å². The number of aliphatic hydroxyl groups is 2. The molecule has 1 aromatic carbocycles. The summed E-state index contributed by atoms with van der Waals surface area (Å²) in [6, 6.07) is 6.09. The Morgan fingerprint density at radius 2 is 2.17 bits per heavy atom. The van der Waals surface area contributed by atoms with Gasteiger partial charge in [0.1, 0.15) is 18.0 Å². The lowest BCUT2D eigenvalue weighted by Crippen LogP contribution is -2.48. The summed E-state index contributed by atoms with van der Waals surface area (Å²) in [5, 5.41) is 22.3. The highest BCUT2D eigenvalue weighted by atomic mass is 16.5. The van der Waals surface area contributed by atoms with Crippen LogP contribution in [0, 0.1) is 5.92 Å². The van der Waals surface area contributed by atoms with Crippen LogP contribution in [-0.2, 0) is 22.4 Å². The number of carbonyl (C=O) groups is 1. The molecular weight excluding hydrogens is 310 g/mol. The summed E-state index contributed by atoms with van der Waals surface area (Å²) >= 11 is 0. The van der Waals surface area contributed by atoms with Crippen molar-refractivity contribution < 1.29 is 24.5 Å². The number of hydrogen-bond donors (Lipinski definition) is 3. The van der Waals surface area contributed by atoms with E-state index in [-0.39, 0.29) is 24.5 Å². The van der Waals surface area contributed by atoms with Crippen molar-refractivity contribution in [3.05, 3.63) is 29.3 Å². The Kier molecular flexibility index (Phi) is 5.38. The Hall–Kier alpha value is -1.63. The van der Waals surface area contributed by atoms with Crippen LogP contribution in [0.15, 0.2) is 18.2 Å². The van der Waals surface area contributed by atoms with Crippen molar-refractivity contribution in [3.8, 4) is 5.75 Å². The minimum Gasteiger partial charge on any atom is -0.490 e. The second kappa shape index (κ2) is 7.51. The van der Waals surface area contributed by atoms with Gasteiger partial charge in [0.15, 0.2) is 0 Å². The van der Waals surface area contributed by atoms with Gasteiger partial charge >= 0.3 is 0 Å². The van der Waals surface area contributed by atoms with E-state index in [9.17, 15) is 15.0 Å². The molecule has 1 aromatic rings.